The molecule has 0 aromatic carbocycles. The lowest BCUT2D eigenvalue weighted by molar-refractivity contribution is -0.146. The monoisotopic (exact) mass is 227 g/mol. The third-order valence-electron chi connectivity index (χ3n) is 1.54. The Morgan fingerprint density at radius 3 is 2.69 bits per heavy atom. The minimum atomic E-state index is -0.441. The van der Waals surface area contributed by atoms with Gasteiger partial charge < -0.3 is 14.5 Å². The van der Waals surface area contributed by atoms with Gasteiger partial charge in [-0.2, -0.15) is 0 Å². The molecule has 5 nitrogen and oxygen atoms in total. The van der Waals surface area contributed by atoms with Crippen LogP contribution in [0.4, 0.5) is 0 Å². The molecule has 1 heterocycles. The molecule has 5 heteroatoms. The number of rotatable bonds is 4. The van der Waals surface area contributed by atoms with E-state index in [-0.39, 0.29) is 18.6 Å². The van der Waals surface area contributed by atoms with Gasteiger partial charge in [-0.3, -0.25) is 4.79 Å². The van der Waals surface area contributed by atoms with Crippen molar-refractivity contribution < 1.29 is 14.3 Å². The van der Waals surface area contributed by atoms with Crippen LogP contribution in [0.5, 0.6) is 0 Å². The number of H-pyrrole nitrogens is 1. The number of esters is 1. The molecule has 0 atom stereocenters. The van der Waals surface area contributed by atoms with Crippen LogP contribution >= 0.6 is 0 Å². The van der Waals surface area contributed by atoms with E-state index in [0.717, 1.165) is 0 Å². The highest BCUT2D eigenvalue weighted by Gasteiger charge is 2.00. The van der Waals surface area contributed by atoms with Crippen molar-refractivity contribution in [1.82, 2.24) is 4.98 Å². The van der Waals surface area contributed by atoms with Crippen molar-refractivity contribution >= 4 is 5.97 Å². The topological polar surface area (TPSA) is 68.4 Å². The van der Waals surface area contributed by atoms with Gasteiger partial charge in [-0.1, -0.05) is 13.8 Å². The van der Waals surface area contributed by atoms with Crippen LogP contribution in [-0.2, 0) is 20.9 Å². The van der Waals surface area contributed by atoms with Gasteiger partial charge in [0.15, 0.2) is 5.43 Å². The fraction of sp³-hybridized carbons (Fsp3) is 0.455. The number of hydrogen-bond acceptors (Lipinski definition) is 4. The van der Waals surface area contributed by atoms with Gasteiger partial charge in [-0.25, -0.2) is 4.79 Å². The van der Waals surface area contributed by atoms with Crippen LogP contribution in [0, 0.1) is 0 Å². The Bertz CT molecular complexity index is 359. The molecule has 0 aliphatic carbocycles. The summed E-state index contributed by atoms with van der Waals surface area (Å²) in [6.45, 7) is 4.07. The summed E-state index contributed by atoms with van der Waals surface area (Å²) < 4.78 is 9.36. The summed E-state index contributed by atoms with van der Waals surface area (Å²) in [5, 5.41) is 0. The molecular weight excluding hydrogens is 210 g/mol. The summed E-state index contributed by atoms with van der Waals surface area (Å²) in [4.78, 5) is 24.3. The van der Waals surface area contributed by atoms with Crippen LogP contribution < -0.4 is 5.43 Å². The zero-order chi connectivity index (χ0) is 12.4. The van der Waals surface area contributed by atoms with E-state index in [1.165, 1.54) is 25.4 Å². The summed E-state index contributed by atoms with van der Waals surface area (Å²) in [6.07, 6.45) is 1.53. The van der Waals surface area contributed by atoms with Gasteiger partial charge in [0.25, 0.3) is 0 Å². The molecule has 0 saturated heterocycles. The number of nitrogens with one attached hydrogen (secondary N) is 1. The average Bonchev–Trinajstić information content (AvgIpc) is 2.31. The maximum atomic E-state index is 10.9. The highest BCUT2D eigenvalue weighted by atomic mass is 16.6. The van der Waals surface area contributed by atoms with E-state index in [1.807, 2.05) is 13.8 Å². The highest BCUT2D eigenvalue weighted by molar-refractivity contribution is 5.70. The molecule has 0 fully saturated rings. The Hall–Kier alpha value is -1.62. The summed E-state index contributed by atoms with van der Waals surface area (Å²) in [6, 6.07) is 2.82. The lowest BCUT2D eigenvalue weighted by Gasteiger charge is -2.02. The van der Waals surface area contributed by atoms with Crippen molar-refractivity contribution in [2.45, 2.75) is 20.5 Å². The summed E-state index contributed by atoms with van der Waals surface area (Å²) in [5.41, 5.74) is 0.529. The standard InChI is InChI=1S/C9H11NO4.C2H6/c1-13-9(12)6-14-5-7-4-8(11)2-3-10-7;1-2/h2-4H,5-6H2,1H3,(H,10,11);1-2H3. The second kappa shape index (κ2) is 8.67. The molecule has 1 N–H and O–H groups in total. The maximum absolute atomic E-state index is 10.9. The van der Waals surface area contributed by atoms with Gasteiger partial charge in [-0.15, -0.1) is 0 Å². The van der Waals surface area contributed by atoms with Gasteiger partial charge >= 0.3 is 5.97 Å². The van der Waals surface area contributed by atoms with Gasteiger partial charge in [0.2, 0.25) is 0 Å². The molecule has 1 rings (SSSR count). The molecule has 0 aliphatic rings. The molecule has 0 aliphatic heterocycles. The van der Waals surface area contributed by atoms with E-state index >= 15 is 0 Å². The third kappa shape index (κ3) is 5.98. The number of hydrogen-bond donors (Lipinski definition) is 1. The number of pyridine rings is 1. The number of carbonyl (C=O) groups is 1. The first-order valence-electron chi connectivity index (χ1n) is 5.04. The predicted octanol–water partition coefficient (Wildman–Crippen LogP) is 1.09. The Morgan fingerprint density at radius 1 is 1.44 bits per heavy atom. The van der Waals surface area contributed by atoms with Crippen LogP contribution in [0.2, 0.25) is 0 Å². The van der Waals surface area contributed by atoms with Crippen LogP contribution in [0.1, 0.15) is 19.5 Å². The zero-order valence-electron chi connectivity index (χ0n) is 9.78. The minimum Gasteiger partial charge on any atom is -0.467 e. The molecule has 0 radical (unpaired) electrons. The van der Waals surface area contributed by atoms with Crippen LogP contribution in [0.15, 0.2) is 23.1 Å². The molecule has 0 amide bonds. The number of ether oxygens (including phenoxy) is 2. The van der Waals surface area contributed by atoms with Gasteiger partial charge in [-0.05, 0) is 0 Å². The van der Waals surface area contributed by atoms with E-state index in [4.69, 9.17) is 4.74 Å². The molecule has 1 aromatic heterocycles. The second-order valence-electron chi connectivity index (χ2n) is 2.62. The Labute approximate surface area is 94.4 Å². The van der Waals surface area contributed by atoms with E-state index in [9.17, 15) is 9.59 Å². The van der Waals surface area contributed by atoms with Crippen LogP contribution in [0.3, 0.4) is 0 Å². The van der Waals surface area contributed by atoms with Crippen molar-refractivity contribution in [2.24, 2.45) is 0 Å². The molecule has 0 saturated carbocycles. The largest absolute Gasteiger partial charge is 0.467 e. The zero-order valence-corrected chi connectivity index (χ0v) is 9.78. The summed E-state index contributed by atoms with van der Waals surface area (Å²) in [7, 11) is 1.29. The molecule has 90 valence electrons. The molecule has 16 heavy (non-hydrogen) atoms. The van der Waals surface area contributed by atoms with Crippen molar-refractivity contribution in [3.8, 4) is 0 Å². The van der Waals surface area contributed by atoms with E-state index in [1.54, 1.807) is 0 Å². The van der Waals surface area contributed by atoms with Gasteiger partial charge in [0, 0.05) is 24.0 Å². The first kappa shape index (κ1) is 14.4. The summed E-state index contributed by atoms with van der Waals surface area (Å²) in [5.74, 6) is -0.441. The molecule has 1 aromatic rings. The van der Waals surface area contributed by atoms with Crippen molar-refractivity contribution in [3.05, 3.63) is 34.2 Å². The van der Waals surface area contributed by atoms with Crippen molar-refractivity contribution in [2.75, 3.05) is 13.7 Å². The SMILES string of the molecule is CC.COC(=O)COCc1cc(=O)cc[nH]1. The number of methoxy groups -OCH3 is 1. The number of carbonyl (C=O) groups excluding carboxylic acids is 1. The lowest BCUT2D eigenvalue weighted by Crippen LogP contribution is -2.11. The minimum absolute atomic E-state index is 0.0968. The van der Waals surface area contributed by atoms with Crippen LogP contribution in [0.25, 0.3) is 0 Å². The maximum Gasteiger partial charge on any atom is 0.331 e. The van der Waals surface area contributed by atoms with E-state index < -0.39 is 5.97 Å². The predicted molar refractivity (Wildman–Crippen MR) is 60.1 cm³/mol. The number of aromatic amines is 1. The normalized spacial score (nSPS) is 8.94. The van der Waals surface area contributed by atoms with Crippen molar-refractivity contribution in [1.29, 1.82) is 0 Å². The molecule has 0 bridgehead atoms. The van der Waals surface area contributed by atoms with E-state index in [2.05, 4.69) is 9.72 Å². The van der Waals surface area contributed by atoms with Crippen LogP contribution in [-0.4, -0.2) is 24.7 Å². The fourth-order valence-electron chi connectivity index (χ4n) is 0.879. The molecule has 0 spiro atoms. The number of aromatic nitrogens is 1. The average molecular weight is 227 g/mol. The smallest absolute Gasteiger partial charge is 0.331 e. The Kier molecular flexibility index (Phi) is 7.79. The first-order valence-corrected chi connectivity index (χ1v) is 5.04. The third-order valence-corrected chi connectivity index (χ3v) is 1.54. The van der Waals surface area contributed by atoms with Gasteiger partial charge in [0.1, 0.15) is 6.61 Å². The Balaban J connectivity index is 0.00000106. The molecule has 0 unspecified atom stereocenters. The second-order valence-corrected chi connectivity index (χ2v) is 2.62. The fourth-order valence-corrected chi connectivity index (χ4v) is 0.879. The van der Waals surface area contributed by atoms with E-state index in [0.29, 0.717) is 5.69 Å². The first-order chi connectivity index (χ1) is 7.72. The summed E-state index contributed by atoms with van der Waals surface area (Å²) >= 11 is 0. The van der Waals surface area contributed by atoms with Crippen molar-refractivity contribution in [3.63, 3.8) is 0 Å². The Morgan fingerprint density at radius 2 is 2.12 bits per heavy atom. The highest BCUT2D eigenvalue weighted by Crippen LogP contribution is 1.92. The lowest BCUT2D eigenvalue weighted by atomic mass is 10.4. The quantitative estimate of drug-likeness (QED) is 0.782. The molecular formula is C11H17NO4. The van der Waals surface area contributed by atoms with Gasteiger partial charge in [0.05, 0.1) is 13.7 Å².